The Morgan fingerprint density at radius 1 is 1.53 bits per heavy atom. The molecule has 1 aliphatic rings. The van der Waals surface area contributed by atoms with E-state index in [1.165, 1.54) is 0 Å². The molecule has 1 aromatic carbocycles. The molecule has 0 aliphatic carbocycles. The van der Waals surface area contributed by atoms with Gasteiger partial charge in [0.05, 0.1) is 23.6 Å². The lowest BCUT2D eigenvalue weighted by atomic mass is 10.2. The van der Waals surface area contributed by atoms with Gasteiger partial charge in [-0.2, -0.15) is 0 Å². The number of carbonyl (C=O) groups is 1. The van der Waals surface area contributed by atoms with Crippen LogP contribution in [0.1, 0.15) is 18.7 Å². The Labute approximate surface area is 115 Å². The smallest absolute Gasteiger partial charge is 0.237 e. The van der Waals surface area contributed by atoms with Gasteiger partial charge >= 0.3 is 0 Å². The van der Waals surface area contributed by atoms with Crippen molar-refractivity contribution in [3.63, 3.8) is 0 Å². The summed E-state index contributed by atoms with van der Waals surface area (Å²) < 4.78 is 0. The molecule has 0 bridgehead atoms. The number of aromatic amines is 1. The average Bonchev–Trinajstić information content (AvgIpc) is 3.04. The maximum atomic E-state index is 11.9. The second-order valence-corrected chi connectivity index (χ2v) is 5.15. The quantitative estimate of drug-likeness (QED) is 0.798. The van der Waals surface area contributed by atoms with Gasteiger partial charge in [-0.3, -0.25) is 4.79 Å². The molecule has 2 heterocycles. The molecule has 100 valence electrons. The number of hydrogen-bond donors (Lipinski definition) is 3. The van der Waals surface area contributed by atoms with Crippen molar-refractivity contribution in [2.24, 2.45) is 0 Å². The number of fused-ring (bicyclic) bond motifs is 1. The molecular formula is C13H15ClN4O. The van der Waals surface area contributed by atoms with E-state index in [4.69, 9.17) is 11.6 Å². The van der Waals surface area contributed by atoms with Crippen LogP contribution >= 0.6 is 11.6 Å². The van der Waals surface area contributed by atoms with Crippen LogP contribution < -0.4 is 10.6 Å². The van der Waals surface area contributed by atoms with Gasteiger partial charge in [0.15, 0.2) is 0 Å². The van der Waals surface area contributed by atoms with E-state index in [0.29, 0.717) is 11.6 Å². The number of nitrogens with one attached hydrogen (secondary N) is 3. The fourth-order valence-electron chi connectivity index (χ4n) is 2.32. The third-order valence-electron chi connectivity index (χ3n) is 3.30. The molecule has 0 unspecified atom stereocenters. The highest BCUT2D eigenvalue weighted by molar-refractivity contribution is 6.31. The number of benzene rings is 1. The number of aromatic nitrogens is 2. The highest BCUT2D eigenvalue weighted by Gasteiger charge is 2.21. The molecule has 3 N–H and O–H groups in total. The molecule has 1 saturated heterocycles. The van der Waals surface area contributed by atoms with E-state index in [2.05, 4.69) is 20.6 Å². The summed E-state index contributed by atoms with van der Waals surface area (Å²) in [6.07, 6.45) is 1.96. The minimum Gasteiger partial charge on any atom is -0.348 e. The van der Waals surface area contributed by atoms with Gasteiger partial charge in [-0.15, -0.1) is 0 Å². The summed E-state index contributed by atoms with van der Waals surface area (Å²) in [5.74, 6) is 0.777. The number of rotatable bonds is 3. The lowest BCUT2D eigenvalue weighted by Gasteiger charge is -2.09. The number of imidazole rings is 1. The molecule has 1 amide bonds. The summed E-state index contributed by atoms with van der Waals surface area (Å²) in [6.45, 7) is 1.32. The van der Waals surface area contributed by atoms with E-state index in [0.717, 1.165) is 36.2 Å². The first-order valence-corrected chi connectivity index (χ1v) is 6.75. The molecule has 3 rings (SSSR count). The summed E-state index contributed by atoms with van der Waals surface area (Å²) in [6, 6.07) is 5.43. The maximum Gasteiger partial charge on any atom is 0.237 e. The largest absolute Gasteiger partial charge is 0.348 e. The summed E-state index contributed by atoms with van der Waals surface area (Å²) >= 11 is 5.92. The van der Waals surface area contributed by atoms with Crippen molar-refractivity contribution in [3.05, 3.63) is 29.0 Å². The van der Waals surface area contributed by atoms with Gasteiger partial charge in [0.2, 0.25) is 5.91 Å². The van der Waals surface area contributed by atoms with E-state index < -0.39 is 0 Å². The van der Waals surface area contributed by atoms with Gasteiger partial charge in [-0.1, -0.05) is 11.6 Å². The number of amides is 1. The van der Waals surface area contributed by atoms with E-state index >= 15 is 0 Å². The van der Waals surface area contributed by atoms with Crippen molar-refractivity contribution in [1.29, 1.82) is 0 Å². The van der Waals surface area contributed by atoms with Crippen LogP contribution in [0, 0.1) is 0 Å². The second-order valence-electron chi connectivity index (χ2n) is 4.71. The first-order chi connectivity index (χ1) is 9.22. The van der Waals surface area contributed by atoms with E-state index in [1.807, 2.05) is 12.1 Å². The summed E-state index contributed by atoms with van der Waals surface area (Å²) in [5, 5.41) is 6.72. The molecule has 5 nitrogen and oxygen atoms in total. The monoisotopic (exact) mass is 278 g/mol. The van der Waals surface area contributed by atoms with E-state index in [-0.39, 0.29) is 11.9 Å². The Kier molecular flexibility index (Phi) is 3.40. The van der Waals surface area contributed by atoms with Crippen LogP contribution in [-0.2, 0) is 11.3 Å². The topological polar surface area (TPSA) is 69.8 Å². The van der Waals surface area contributed by atoms with Crippen molar-refractivity contribution < 1.29 is 4.79 Å². The van der Waals surface area contributed by atoms with Gasteiger partial charge in [-0.05, 0) is 37.6 Å². The number of H-pyrrole nitrogens is 1. The second kappa shape index (κ2) is 5.19. The third-order valence-corrected chi connectivity index (χ3v) is 3.53. The number of carbonyl (C=O) groups excluding carboxylic acids is 1. The molecular weight excluding hydrogens is 264 g/mol. The molecule has 1 atom stereocenters. The number of halogens is 1. The van der Waals surface area contributed by atoms with Gasteiger partial charge in [-0.25, -0.2) is 4.98 Å². The minimum atomic E-state index is -0.0566. The standard InChI is InChI=1S/C13H15ClN4O/c14-8-3-4-9-11(6-8)18-12(17-9)7-16-13(19)10-2-1-5-15-10/h3-4,6,10,15H,1-2,5,7H2,(H,16,19)(H,17,18)/t10-/m1/s1. The highest BCUT2D eigenvalue weighted by Crippen LogP contribution is 2.17. The fraction of sp³-hybridized carbons (Fsp3) is 0.385. The van der Waals surface area contributed by atoms with E-state index in [1.54, 1.807) is 6.07 Å². The zero-order chi connectivity index (χ0) is 13.2. The lowest BCUT2D eigenvalue weighted by Crippen LogP contribution is -2.40. The average molecular weight is 279 g/mol. The maximum absolute atomic E-state index is 11.9. The van der Waals surface area contributed by atoms with Crippen LogP contribution in [0.4, 0.5) is 0 Å². The SMILES string of the molecule is O=C(NCc1nc2ccc(Cl)cc2[nH]1)[C@H]1CCCN1. The van der Waals surface area contributed by atoms with Gasteiger partial charge in [0.25, 0.3) is 0 Å². The van der Waals surface area contributed by atoms with Gasteiger partial charge < -0.3 is 15.6 Å². The van der Waals surface area contributed by atoms with Crippen molar-refractivity contribution in [3.8, 4) is 0 Å². The Morgan fingerprint density at radius 2 is 2.42 bits per heavy atom. The van der Waals surface area contributed by atoms with Crippen LogP contribution in [0.15, 0.2) is 18.2 Å². The van der Waals surface area contributed by atoms with E-state index in [9.17, 15) is 4.79 Å². The molecule has 19 heavy (non-hydrogen) atoms. The molecule has 1 aromatic heterocycles. The van der Waals surface area contributed by atoms with Crippen LogP contribution in [0.5, 0.6) is 0 Å². The Morgan fingerprint density at radius 3 is 3.21 bits per heavy atom. The molecule has 1 fully saturated rings. The van der Waals surface area contributed by atoms with Crippen molar-refractivity contribution in [2.75, 3.05) is 6.54 Å². The summed E-state index contributed by atoms with van der Waals surface area (Å²) in [5.41, 5.74) is 1.74. The van der Waals surface area contributed by atoms with Crippen molar-refractivity contribution in [1.82, 2.24) is 20.6 Å². The van der Waals surface area contributed by atoms with Crippen LogP contribution in [0.25, 0.3) is 11.0 Å². The molecule has 1 aliphatic heterocycles. The van der Waals surface area contributed by atoms with Crippen LogP contribution in [0.3, 0.4) is 0 Å². The third kappa shape index (κ3) is 2.72. The summed E-state index contributed by atoms with van der Waals surface area (Å²) in [7, 11) is 0. The predicted molar refractivity (Wildman–Crippen MR) is 74.0 cm³/mol. The normalized spacial score (nSPS) is 18.9. The molecule has 0 spiro atoms. The zero-order valence-electron chi connectivity index (χ0n) is 10.4. The Hall–Kier alpha value is -1.59. The van der Waals surface area contributed by atoms with Gasteiger partial charge in [0.1, 0.15) is 5.82 Å². The van der Waals surface area contributed by atoms with Gasteiger partial charge in [0, 0.05) is 5.02 Å². The zero-order valence-corrected chi connectivity index (χ0v) is 11.1. The Balaban J connectivity index is 1.66. The molecule has 0 saturated carbocycles. The van der Waals surface area contributed by atoms with Crippen LogP contribution in [-0.4, -0.2) is 28.5 Å². The highest BCUT2D eigenvalue weighted by atomic mass is 35.5. The number of hydrogen-bond acceptors (Lipinski definition) is 3. The summed E-state index contributed by atoms with van der Waals surface area (Å²) in [4.78, 5) is 19.4. The minimum absolute atomic E-state index is 0.0380. The predicted octanol–water partition coefficient (Wildman–Crippen LogP) is 1.58. The van der Waals surface area contributed by atoms with Crippen molar-refractivity contribution in [2.45, 2.75) is 25.4 Å². The Bertz CT molecular complexity index is 604. The number of nitrogens with zero attached hydrogens (tertiary/aromatic N) is 1. The molecule has 0 radical (unpaired) electrons. The first kappa shape index (κ1) is 12.4. The first-order valence-electron chi connectivity index (χ1n) is 6.37. The fourth-order valence-corrected chi connectivity index (χ4v) is 2.49. The van der Waals surface area contributed by atoms with Crippen molar-refractivity contribution >= 4 is 28.5 Å². The van der Waals surface area contributed by atoms with Crippen LogP contribution in [0.2, 0.25) is 5.02 Å². The molecule has 2 aromatic rings. The molecule has 6 heteroatoms. The lowest BCUT2D eigenvalue weighted by molar-refractivity contribution is -0.122.